The predicted octanol–water partition coefficient (Wildman–Crippen LogP) is 5.61. The molecule has 2 aromatic carbocycles. The highest BCUT2D eigenvalue weighted by Crippen LogP contribution is 2.32. The second kappa shape index (κ2) is 8.36. The first-order chi connectivity index (χ1) is 14.2. The Kier molecular flexibility index (Phi) is 5.48. The molecule has 7 heteroatoms. The fourth-order valence-corrected chi connectivity index (χ4v) is 3.58. The zero-order valence-corrected chi connectivity index (χ0v) is 16.9. The summed E-state index contributed by atoms with van der Waals surface area (Å²) in [5.41, 5.74) is 1.97. The van der Waals surface area contributed by atoms with Gasteiger partial charge in [0.1, 0.15) is 22.8 Å². The number of rotatable bonds is 7. The first-order valence-corrected chi connectivity index (χ1v) is 10.2. The number of amides is 1. The summed E-state index contributed by atoms with van der Waals surface area (Å²) in [4.78, 5) is 16.9. The minimum atomic E-state index is -0.222. The highest BCUT2D eigenvalue weighted by Gasteiger charge is 2.13. The fourth-order valence-electron chi connectivity index (χ4n) is 2.89. The molecule has 0 atom stereocenters. The molecule has 0 aliphatic heterocycles. The monoisotopic (exact) mass is 408 g/mol. The Labute approximate surface area is 172 Å². The van der Waals surface area contributed by atoms with Gasteiger partial charge < -0.3 is 13.9 Å². The van der Waals surface area contributed by atoms with Crippen molar-refractivity contribution in [2.24, 2.45) is 0 Å². The highest BCUT2D eigenvalue weighted by atomic mass is 32.1. The van der Waals surface area contributed by atoms with Gasteiger partial charge in [0.25, 0.3) is 5.91 Å². The summed E-state index contributed by atoms with van der Waals surface area (Å²) in [6.07, 6.45) is 0. The van der Waals surface area contributed by atoms with E-state index in [1.165, 1.54) is 11.3 Å². The standard InChI is InChI=1S/C22H20N2O4S/c1-3-26-16-7-5-14(6-8-16)21(25)24-22-23-18(13-29-22)20-12-15-11-17(27-4-2)9-10-19(15)28-20/h5-13H,3-4H2,1-2H3,(H,23,24,25). The van der Waals surface area contributed by atoms with E-state index in [9.17, 15) is 4.79 Å². The lowest BCUT2D eigenvalue weighted by Gasteiger charge is -2.04. The van der Waals surface area contributed by atoms with Crippen LogP contribution in [0.2, 0.25) is 0 Å². The first-order valence-electron chi connectivity index (χ1n) is 9.32. The van der Waals surface area contributed by atoms with E-state index in [-0.39, 0.29) is 5.91 Å². The zero-order chi connectivity index (χ0) is 20.2. The molecule has 0 saturated heterocycles. The molecule has 4 aromatic rings. The fraction of sp³-hybridized carbons (Fsp3) is 0.182. The molecule has 0 aliphatic rings. The molecule has 0 unspecified atom stereocenters. The lowest BCUT2D eigenvalue weighted by molar-refractivity contribution is 0.102. The summed E-state index contributed by atoms with van der Waals surface area (Å²) in [5.74, 6) is 1.96. The maximum atomic E-state index is 12.4. The van der Waals surface area contributed by atoms with Gasteiger partial charge in [0.15, 0.2) is 10.9 Å². The number of carbonyl (C=O) groups is 1. The molecule has 6 nitrogen and oxygen atoms in total. The van der Waals surface area contributed by atoms with E-state index in [4.69, 9.17) is 13.9 Å². The second-order valence-electron chi connectivity index (χ2n) is 6.19. The third kappa shape index (κ3) is 4.25. The van der Waals surface area contributed by atoms with Crippen LogP contribution < -0.4 is 14.8 Å². The van der Waals surface area contributed by atoms with Gasteiger partial charge in [-0.3, -0.25) is 10.1 Å². The van der Waals surface area contributed by atoms with Crippen LogP contribution in [0, 0.1) is 0 Å². The van der Waals surface area contributed by atoms with Crippen molar-refractivity contribution in [1.82, 2.24) is 4.98 Å². The smallest absolute Gasteiger partial charge is 0.257 e. The van der Waals surface area contributed by atoms with Crippen molar-refractivity contribution in [3.63, 3.8) is 0 Å². The SMILES string of the molecule is CCOc1ccc(C(=O)Nc2nc(-c3cc4cc(OCC)ccc4o3)cs2)cc1. The molecule has 29 heavy (non-hydrogen) atoms. The largest absolute Gasteiger partial charge is 0.494 e. The quantitative estimate of drug-likeness (QED) is 0.430. The van der Waals surface area contributed by atoms with Crippen LogP contribution in [0.3, 0.4) is 0 Å². The van der Waals surface area contributed by atoms with Gasteiger partial charge >= 0.3 is 0 Å². The third-order valence-electron chi connectivity index (χ3n) is 4.20. The molecule has 0 radical (unpaired) electrons. The first kappa shape index (κ1) is 19.0. The van der Waals surface area contributed by atoms with Crippen LogP contribution in [-0.2, 0) is 0 Å². The van der Waals surface area contributed by atoms with Crippen molar-refractivity contribution in [2.75, 3.05) is 18.5 Å². The van der Waals surface area contributed by atoms with Crippen LogP contribution in [0.5, 0.6) is 11.5 Å². The minimum absolute atomic E-state index is 0.222. The van der Waals surface area contributed by atoms with Gasteiger partial charge in [0.05, 0.1) is 13.2 Å². The summed E-state index contributed by atoms with van der Waals surface area (Å²) in [7, 11) is 0. The number of fused-ring (bicyclic) bond motifs is 1. The average molecular weight is 408 g/mol. The molecule has 0 fully saturated rings. The number of benzene rings is 2. The van der Waals surface area contributed by atoms with E-state index < -0.39 is 0 Å². The van der Waals surface area contributed by atoms with Gasteiger partial charge in [-0.2, -0.15) is 0 Å². The van der Waals surface area contributed by atoms with Gasteiger partial charge in [0.2, 0.25) is 0 Å². The number of furan rings is 1. The topological polar surface area (TPSA) is 73.6 Å². The molecule has 0 aliphatic carbocycles. The average Bonchev–Trinajstić information content (AvgIpc) is 3.35. The maximum Gasteiger partial charge on any atom is 0.257 e. The number of ether oxygens (including phenoxy) is 2. The van der Waals surface area contributed by atoms with Gasteiger partial charge in [-0.1, -0.05) is 0 Å². The second-order valence-corrected chi connectivity index (χ2v) is 7.05. The van der Waals surface area contributed by atoms with Crippen molar-refractivity contribution in [1.29, 1.82) is 0 Å². The number of aromatic nitrogens is 1. The Morgan fingerprint density at radius 2 is 1.76 bits per heavy atom. The Morgan fingerprint density at radius 3 is 2.52 bits per heavy atom. The number of anilines is 1. The van der Waals surface area contributed by atoms with Crippen LogP contribution >= 0.6 is 11.3 Å². The number of carbonyl (C=O) groups excluding carboxylic acids is 1. The van der Waals surface area contributed by atoms with Gasteiger partial charge in [-0.05, 0) is 62.4 Å². The molecular formula is C22H20N2O4S. The van der Waals surface area contributed by atoms with Crippen molar-refractivity contribution in [3.8, 4) is 23.0 Å². The number of hydrogen-bond acceptors (Lipinski definition) is 6. The van der Waals surface area contributed by atoms with Gasteiger partial charge in [-0.15, -0.1) is 11.3 Å². The van der Waals surface area contributed by atoms with Crippen molar-refractivity contribution in [3.05, 3.63) is 59.5 Å². The van der Waals surface area contributed by atoms with Crippen molar-refractivity contribution < 1.29 is 18.7 Å². The lowest BCUT2D eigenvalue weighted by Crippen LogP contribution is -2.11. The molecule has 0 bridgehead atoms. The van der Waals surface area contributed by atoms with Crippen LogP contribution in [-0.4, -0.2) is 24.1 Å². The highest BCUT2D eigenvalue weighted by molar-refractivity contribution is 7.14. The van der Waals surface area contributed by atoms with E-state index in [0.29, 0.717) is 35.4 Å². The van der Waals surface area contributed by atoms with Crippen molar-refractivity contribution in [2.45, 2.75) is 13.8 Å². The molecular weight excluding hydrogens is 388 g/mol. The van der Waals surface area contributed by atoms with Gasteiger partial charge in [-0.25, -0.2) is 4.98 Å². The van der Waals surface area contributed by atoms with Crippen molar-refractivity contribution >= 4 is 33.3 Å². The number of hydrogen-bond donors (Lipinski definition) is 1. The summed E-state index contributed by atoms with van der Waals surface area (Å²) in [5, 5.41) is 6.13. The van der Waals surface area contributed by atoms with E-state index in [0.717, 1.165) is 22.5 Å². The summed E-state index contributed by atoms with van der Waals surface area (Å²) in [6.45, 7) is 5.06. The van der Waals surface area contributed by atoms with E-state index in [1.54, 1.807) is 24.3 Å². The Bertz CT molecular complexity index is 1130. The lowest BCUT2D eigenvalue weighted by atomic mass is 10.2. The normalized spacial score (nSPS) is 10.8. The predicted molar refractivity (Wildman–Crippen MR) is 114 cm³/mol. The van der Waals surface area contributed by atoms with Crippen LogP contribution in [0.25, 0.3) is 22.4 Å². The van der Waals surface area contributed by atoms with E-state index >= 15 is 0 Å². The van der Waals surface area contributed by atoms with Crippen LogP contribution in [0.4, 0.5) is 5.13 Å². The maximum absolute atomic E-state index is 12.4. The Morgan fingerprint density at radius 1 is 1.03 bits per heavy atom. The Hall–Kier alpha value is -3.32. The molecule has 2 aromatic heterocycles. The summed E-state index contributed by atoms with van der Waals surface area (Å²) in [6, 6.07) is 14.6. The summed E-state index contributed by atoms with van der Waals surface area (Å²) >= 11 is 1.35. The molecule has 2 heterocycles. The van der Waals surface area contributed by atoms with Crippen LogP contribution in [0.15, 0.2) is 58.3 Å². The number of nitrogens with zero attached hydrogens (tertiary/aromatic N) is 1. The minimum Gasteiger partial charge on any atom is -0.494 e. The van der Waals surface area contributed by atoms with Crippen LogP contribution in [0.1, 0.15) is 24.2 Å². The number of thiazole rings is 1. The van der Waals surface area contributed by atoms with Gasteiger partial charge in [0, 0.05) is 16.3 Å². The zero-order valence-electron chi connectivity index (χ0n) is 16.1. The molecule has 0 spiro atoms. The molecule has 0 saturated carbocycles. The molecule has 1 N–H and O–H groups in total. The molecule has 1 amide bonds. The Balaban J connectivity index is 1.49. The number of nitrogens with one attached hydrogen (secondary N) is 1. The molecule has 148 valence electrons. The van der Waals surface area contributed by atoms with E-state index in [1.807, 2.05) is 43.5 Å². The van der Waals surface area contributed by atoms with E-state index in [2.05, 4.69) is 10.3 Å². The summed E-state index contributed by atoms with van der Waals surface area (Å²) < 4.78 is 16.8. The molecule has 4 rings (SSSR count). The third-order valence-corrected chi connectivity index (χ3v) is 4.96.